The second-order valence-electron chi connectivity index (χ2n) is 4.93. The van der Waals surface area contributed by atoms with Crippen molar-refractivity contribution in [2.45, 2.75) is 13.2 Å². The standard InChI is InChI=1S/C13H20N6O2/c1-9(20-2)19-8-15-10-11(18-6-4-14-5-7-18)16-13(21-3)17-12(10)19/h8-9,14H,4-7H2,1-3H3. The van der Waals surface area contributed by atoms with Gasteiger partial charge in [0, 0.05) is 33.3 Å². The molecule has 1 aliphatic rings. The summed E-state index contributed by atoms with van der Waals surface area (Å²) in [6, 6.07) is 0.348. The smallest absolute Gasteiger partial charge is 0.320 e. The van der Waals surface area contributed by atoms with Crippen molar-refractivity contribution < 1.29 is 9.47 Å². The maximum absolute atomic E-state index is 5.36. The Bertz CT molecular complexity index is 622. The molecule has 8 nitrogen and oxygen atoms in total. The average Bonchev–Trinajstić information content (AvgIpc) is 2.97. The van der Waals surface area contributed by atoms with Crippen LogP contribution in [0.25, 0.3) is 11.2 Å². The molecule has 1 fully saturated rings. The fraction of sp³-hybridized carbons (Fsp3) is 0.615. The number of fused-ring (bicyclic) bond motifs is 1. The van der Waals surface area contributed by atoms with E-state index < -0.39 is 0 Å². The number of methoxy groups -OCH3 is 2. The van der Waals surface area contributed by atoms with Gasteiger partial charge in [-0.3, -0.25) is 4.57 Å². The fourth-order valence-corrected chi connectivity index (χ4v) is 2.45. The van der Waals surface area contributed by atoms with Gasteiger partial charge in [-0.1, -0.05) is 0 Å². The molecule has 3 heterocycles. The molecule has 0 saturated carbocycles. The first-order valence-electron chi connectivity index (χ1n) is 7.01. The van der Waals surface area contributed by atoms with Crippen LogP contribution in [0, 0.1) is 0 Å². The summed E-state index contributed by atoms with van der Waals surface area (Å²) in [7, 11) is 3.23. The lowest BCUT2D eigenvalue weighted by atomic mass is 10.3. The first-order chi connectivity index (χ1) is 10.2. The van der Waals surface area contributed by atoms with Gasteiger partial charge in [-0.2, -0.15) is 9.97 Å². The summed E-state index contributed by atoms with van der Waals surface area (Å²) in [6.45, 7) is 5.59. The van der Waals surface area contributed by atoms with Crippen LogP contribution >= 0.6 is 0 Å². The Morgan fingerprint density at radius 3 is 2.67 bits per heavy atom. The summed E-state index contributed by atoms with van der Waals surface area (Å²) in [5.41, 5.74) is 1.51. The molecule has 0 aliphatic carbocycles. The number of rotatable bonds is 4. The summed E-state index contributed by atoms with van der Waals surface area (Å²) < 4.78 is 12.5. The molecule has 114 valence electrons. The Kier molecular flexibility index (Phi) is 3.89. The molecule has 8 heteroatoms. The van der Waals surface area contributed by atoms with Crippen molar-refractivity contribution in [2.75, 3.05) is 45.3 Å². The zero-order chi connectivity index (χ0) is 14.8. The van der Waals surface area contributed by atoms with Gasteiger partial charge in [0.1, 0.15) is 6.23 Å². The molecule has 1 saturated heterocycles. The van der Waals surface area contributed by atoms with E-state index in [9.17, 15) is 0 Å². The van der Waals surface area contributed by atoms with Crippen LogP contribution in [0.5, 0.6) is 6.01 Å². The minimum atomic E-state index is -0.148. The highest BCUT2D eigenvalue weighted by atomic mass is 16.5. The molecule has 3 rings (SSSR count). The van der Waals surface area contributed by atoms with Crippen LogP contribution in [0.15, 0.2) is 6.33 Å². The van der Waals surface area contributed by atoms with Crippen molar-refractivity contribution in [3.05, 3.63) is 6.33 Å². The van der Waals surface area contributed by atoms with Crippen molar-refractivity contribution in [3.63, 3.8) is 0 Å². The Hall–Kier alpha value is -1.93. The van der Waals surface area contributed by atoms with Crippen molar-refractivity contribution in [1.82, 2.24) is 24.8 Å². The Morgan fingerprint density at radius 1 is 1.24 bits per heavy atom. The number of piperazine rings is 1. The second-order valence-corrected chi connectivity index (χ2v) is 4.93. The highest BCUT2D eigenvalue weighted by Crippen LogP contribution is 2.27. The first-order valence-corrected chi connectivity index (χ1v) is 7.01. The Labute approximate surface area is 123 Å². The van der Waals surface area contributed by atoms with E-state index >= 15 is 0 Å². The topological polar surface area (TPSA) is 77.3 Å². The van der Waals surface area contributed by atoms with Crippen molar-refractivity contribution >= 4 is 17.0 Å². The van der Waals surface area contributed by atoms with Gasteiger partial charge in [-0.25, -0.2) is 4.98 Å². The third-order valence-corrected chi connectivity index (χ3v) is 3.71. The van der Waals surface area contributed by atoms with E-state index in [2.05, 4.69) is 25.2 Å². The van der Waals surface area contributed by atoms with Gasteiger partial charge in [0.05, 0.1) is 13.4 Å². The van der Waals surface area contributed by atoms with E-state index in [0.29, 0.717) is 6.01 Å². The third-order valence-electron chi connectivity index (χ3n) is 3.71. The van der Waals surface area contributed by atoms with E-state index in [1.807, 2.05) is 11.5 Å². The van der Waals surface area contributed by atoms with Gasteiger partial charge in [0.15, 0.2) is 17.0 Å². The van der Waals surface area contributed by atoms with Crippen molar-refractivity contribution in [3.8, 4) is 6.01 Å². The molecule has 21 heavy (non-hydrogen) atoms. The Balaban J connectivity index is 2.12. The number of nitrogens with zero attached hydrogens (tertiary/aromatic N) is 5. The molecule has 0 bridgehead atoms. The Morgan fingerprint density at radius 2 is 2.00 bits per heavy atom. The van der Waals surface area contributed by atoms with E-state index in [1.54, 1.807) is 20.5 Å². The molecule has 0 spiro atoms. The molecular formula is C13H20N6O2. The lowest BCUT2D eigenvalue weighted by Gasteiger charge is -2.28. The summed E-state index contributed by atoms with van der Waals surface area (Å²) in [5, 5.41) is 3.33. The molecule has 2 aromatic rings. The maximum Gasteiger partial charge on any atom is 0.320 e. The summed E-state index contributed by atoms with van der Waals surface area (Å²) in [4.78, 5) is 15.6. The number of aromatic nitrogens is 4. The quantitative estimate of drug-likeness (QED) is 0.874. The molecule has 2 aromatic heterocycles. The predicted octanol–water partition coefficient (Wildman–Crippen LogP) is 0.409. The molecule has 1 aliphatic heterocycles. The van der Waals surface area contributed by atoms with Crippen LogP contribution in [0.2, 0.25) is 0 Å². The lowest BCUT2D eigenvalue weighted by molar-refractivity contribution is 0.0632. The van der Waals surface area contributed by atoms with Gasteiger partial charge < -0.3 is 19.7 Å². The van der Waals surface area contributed by atoms with Gasteiger partial charge >= 0.3 is 6.01 Å². The van der Waals surface area contributed by atoms with Crippen LogP contribution < -0.4 is 15.0 Å². The zero-order valence-electron chi connectivity index (χ0n) is 12.5. The van der Waals surface area contributed by atoms with Crippen LogP contribution in [-0.2, 0) is 4.74 Å². The van der Waals surface area contributed by atoms with Crippen LogP contribution in [0.1, 0.15) is 13.2 Å². The number of hydrogen-bond donors (Lipinski definition) is 1. The van der Waals surface area contributed by atoms with E-state index in [1.165, 1.54) is 0 Å². The van der Waals surface area contributed by atoms with Crippen LogP contribution in [0.3, 0.4) is 0 Å². The predicted molar refractivity (Wildman–Crippen MR) is 78.7 cm³/mol. The minimum absolute atomic E-state index is 0.148. The van der Waals surface area contributed by atoms with Gasteiger partial charge in [0.25, 0.3) is 0 Å². The zero-order valence-corrected chi connectivity index (χ0v) is 12.5. The fourth-order valence-electron chi connectivity index (χ4n) is 2.45. The van der Waals surface area contributed by atoms with Crippen molar-refractivity contribution in [2.24, 2.45) is 0 Å². The van der Waals surface area contributed by atoms with E-state index in [0.717, 1.165) is 43.2 Å². The van der Waals surface area contributed by atoms with E-state index in [-0.39, 0.29) is 6.23 Å². The number of ether oxygens (including phenoxy) is 2. The van der Waals surface area contributed by atoms with Crippen LogP contribution in [0.4, 0.5) is 5.82 Å². The SMILES string of the molecule is COc1nc(N2CCNCC2)c2ncn(C(C)OC)c2n1. The molecule has 0 radical (unpaired) electrons. The van der Waals surface area contributed by atoms with Gasteiger partial charge in [0.2, 0.25) is 0 Å². The minimum Gasteiger partial charge on any atom is -0.467 e. The monoisotopic (exact) mass is 292 g/mol. The number of anilines is 1. The number of imidazole rings is 1. The molecule has 1 atom stereocenters. The van der Waals surface area contributed by atoms with E-state index in [4.69, 9.17) is 9.47 Å². The molecule has 1 unspecified atom stereocenters. The highest BCUT2D eigenvalue weighted by molar-refractivity contribution is 5.84. The van der Waals surface area contributed by atoms with Gasteiger partial charge in [-0.05, 0) is 6.92 Å². The summed E-state index contributed by atoms with van der Waals surface area (Å²) in [6.07, 6.45) is 1.59. The first kappa shape index (κ1) is 14.0. The normalized spacial score (nSPS) is 17.2. The highest BCUT2D eigenvalue weighted by Gasteiger charge is 2.21. The maximum atomic E-state index is 5.36. The molecule has 0 aromatic carbocycles. The molecular weight excluding hydrogens is 272 g/mol. The summed E-state index contributed by atoms with van der Waals surface area (Å²) >= 11 is 0. The second kappa shape index (κ2) is 5.82. The number of nitrogens with one attached hydrogen (secondary N) is 1. The van der Waals surface area contributed by atoms with Crippen molar-refractivity contribution in [1.29, 1.82) is 0 Å². The lowest BCUT2D eigenvalue weighted by Crippen LogP contribution is -2.44. The van der Waals surface area contributed by atoms with Crippen LogP contribution in [-0.4, -0.2) is 59.9 Å². The largest absolute Gasteiger partial charge is 0.467 e. The molecule has 1 N–H and O–H groups in total. The van der Waals surface area contributed by atoms with Gasteiger partial charge in [-0.15, -0.1) is 0 Å². The molecule has 0 amide bonds. The average molecular weight is 292 g/mol. The summed E-state index contributed by atoms with van der Waals surface area (Å²) in [5.74, 6) is 0.820. The third kappa shape index (κ3) is 2.52. The number of hydrogen-bond acceptors (Lipinski definition) is 7.